The molecule has 5 rings (SSSR count). The van der Waals surface area contributed by atoms with Crippen LogP contribution in [0.4, 0.5) is 4.39 Å². The fourth-order valence-electron chi connectivity index (χ4n) is 3.68. The molecule has 0 aliphatic heterocycles. The van der Waals surface area contributed by atoms with Gasteiger partial charge in [-0.3, -0.25) is 9.59 Å². The van der Waals surface area contributed by atoms with Crippen LogP contribution in [0.1, 0.15) is 23.7 Å². The van der Waals surface area contributed by atoms with Crippen molar-refractivity contribution in [1.82, 2.24) is 9.97 Å². The number of fused-ring (bicyclic) bond motifs is 1. The molecule has 2 heterocycles. The number of aromatic nitrogens is 2. The lowest BCUT2D eigenvalue weighted by molar-refractivity contribution is -0.157. The van der Waals surface area contributed by atoms with Crippen molar-refractivity contribution in [3.63, 3.8) is 0 Å². The molecule has 1 aliphatic carbocycles. The van der Waals surface area contributed by atoms with Crippen LogP contribution in [0.5, 0.6) is 0 Å². The van der Waals surface area contributed by atoms with Crippen LogP contribution in [0.15, 0.2) is 72.8 Å². The van der Waals surface area contributed by atoms with Gasteiger partial charge < -0.3 is 4.74 Å². The Hall–Kier alpha value is -3.71. The predicted octanol–water partition coefficient (Wildman–Crippen LogP) is 4.99. The summed E-state index contributed by atoms with van der Waals surface area (Å²) in [7, 11) is 0. The fourth-order valence-corrected chi connectivity index (χ4v) is 4.64. The molecule has 2 aromatic heterocycles. The van der Waals surface area contributed by atoms with Crippen molar-refractivity contribution in [3.05, 3.63) is 95.5 Å². The molecule has 0 saturated carbocycles. The molecule has 1 aliphatic rings. The van der Waals surface area contributed by atoms with E-state index in [1.165, 1.54) is 17.4 Å². The zero-order valence-electron chi connectivity index (χ0n) is 17.0. The molecular weight excluding hydrogens is 427 g/mol. The summed E-state index contributed by atoms with van der Waals surface area (Å²) in [6, 6.07) is 18.5. The third kappa shape index (κ3) is 3.71. The van der Waals surface area contributed by atoms with E-state index in [-0.39, 0.29) is 11.8 Å². The molecular formula is C25H17FN2O3S. The lowest BCUT2D eigenvalue weighted by atomic mass is 9.89. The van der Waals surface area contributed by atoms with Gasteiger partial charge in [0.15, 0.2) is 0 Å². The monoisotopic (exact) mass is 444 g/mol. The topological polar surface area (TPSA) is 69.2 Å². The molecule has 0 atom stereocenters. The summed E-state index contributed by atoms with van der Waals surface area (Å²) < 4.78 is 19.3. The number of carbonyl (C=O) groups excluding carboxylic acids is 2. The smallest absolute Gasteiger partial charge is 0.317 e. The molecule has 0 saturated heterocycles. The molecule has 0 unspecified atom stereocenters. The van der Waals surface area contributed by atoms with Crippen LogP contribution in [0.2, 0.25) is 0 Å². The summed E-state index contributed by atoms with van der Waals surface area (Å²) in [5, 5.41) is 0.512. The van der Waals surface area contributed by atoms with Gasteiger partial charge in [0.05, 0.1) is 17.5 Å². The SMILES string of the molecule is CC(=O)OC(=O)Cc1ccc(-c2nc3ccc(C4(c5ccccc5)C=C4)nc3s2)c(F)c1. The summed E-state index contributed by atoms with van der Waals surface area (Å²) in [6.45, 7) is 1.15. The second-order valence-electron chi connectivity index (χ2n) is 7.56. The van der Waals surface area contributed by atoms with Crippen LogP contribution < -0.4 is 0 Å². The Kier molecular flexibility index (Phi) is 4.90. The number of hydrogen-bond acceptors (Lipinski definition) is 6. The lowest BCUT2D eigenvalue weighted by Gasteiger charge is -2.15. The molecule has 0 spiro atoms. The Balaban J connectivity index is 1.43. The Bertz CT molecular complexity index is 1390. The van der Waals surface area contributed by atoms with E-state index in [1.807, 2.05) is 30.3 Å². The van der Waals surface area contributed by atoms with E-state index < -0.39 is 17.8 Å². The van der Waals surface area contributed by atoms with Crippen LogP contribution in [0, 0.1) is 5.82 Å². The van der Waals surface area contributed by atoms with Gasteiger partial charge in [0, 0.05) is 12.5 Å². The van der Waals surface area contributed by atoms with Crippen molar-refractivity contribution in [2.45, 2.75) is 18.8 Å². The molecule has 4 aromatic rings. The highest BCUT2D eigenvalue weighted by atomic mass is 32.1. The maximum absolute atomic E-state index is 14.8. The molecule has 0 fully saturated rings. The third-order valence-electron chi connectivity index (χ3n) is 5.30. The highest BCUT2D eigenvalue weighted by molar-refractivity contribution is 7.21. The number of carbonyl (C=O) groups is 2. The number of thiazole rings is 1. The van der Waals surface area contributed by atoms with Gasteiger partial charge in [-0.15, -0.1) is 0 Å². The van der Waals surface area contributed by atoms with E-state index in [0.29, 0.717) is 21.7 Å². The summed E-state index contributed by atoms with van der Waals surface area (Å²) in [5.41, 5.74) is 3.23. The zero-order chi connectivity index (χ0) is 22.3. The Morgan fingerprint density at radius 2 is 1.81 bits per heavy atom. The van der Waals surface area contributed by atoms with Gasteiger partial charge in [-0.05, 0) is 35.4 Å². The van der Waals surface area contributed by atoms with E-state index in [2.05, 4.69) is 34.0 Å². The standard InChI is InChI=1S/C25H17FN2O3S/c1-15(29)31-22(30)14-16-7-8-18(19(26)13-16)23-27-20-9-10-21(28-24(20)32-23)25(11-12-25)17-5-3-2-4-6-17/h2-13H,14H2,1H3. The number of allylic oxidation sites excluding steroid dienone is 2. The van der Waals surface area contributed by atoms with Crippen molar-refractivity contribution in [2.24, 2.45) is 0 Å². The number of halogens is 1. The minimum absolute atomic E-state index is 0.184. The first-order valence-electron chi connectivity index (χ1n) is 9.99. The highest BCUT2D eigenvalue weighted by Gasteiger charge is 2.39. The highest BCUT2D eigenvalue weighted by Crippen LogP contribution is 2.45. The first-order chi connectivity index (χ1) is 15.4. The minimum Gasteiger partial charge on any atom is -0.393 e. The van der Waals surface area contributed by atoms with Gasteiger partial charge in [0.2, 0.25) is 0 Å². The van der Waals surface area contributed by atoms with Gasteiger partial charge in [-0.25, -0.2) is 14.4 Å². The second-order valence-corrected chi connectivity index (χ2v) is 8.54. The number of pyridine rings is 1. The third-order valence-corrected chi connectivity index (χ3v) is 6.30. The van der Waals surface area contributed by atoms with Crippen LogP contribution in [-0.4, -0.2) is 21.9 Å². The van der Waals surface area contributed by atoms with E-state index in [9.17, 15) is 14.0 Å². The van der Waals surface area contributed by atoms with Crippen molar-refractivity contribution >= 4 is 33.6 Å². The molecule has 0 bridgehead atoms. The molecule has 158 valence electrons. The van der Waals surface area contributed by atoms with E-state index >= 15 is 0 Å². The summed E-state index contributed by atoms with van der Waals surface area (Å²) in [5.74, 6) is -1.91. The van der Waals surface area contributed by atoms with Crippen molar-refractivity contribution in [2.75, 3.05) is 0 Å². The summed E-state index contributed by atoms with van der Waals surface area (Å²) in [4.78, 5) is 32.6. The number of rotatable bonds is 5. The van der Waals surface area contributed by atoms with Crippen LogP contribution in [0.25, 0.3) is 20.9 Å². The fraction of sp³-hybridized carbons (Fsp3) is 0.120. The molecule has 5 nitrogen and oxygen atoms in total. The van der Waals surface area contributed by atoms with Crippen molar-refractivity contribution < 1.29 is 18.7 Å². The number of ether oxygens (including phenoxy) is 1. The number of hydrogen-bond donors (Lipinski definition) is 0. The maximum atomic E-state index is 14.8. The van der Waals surface area contributed by atoms with Gasteiger partial charge in [0.25, 0.3) is 0 Å². The van der Waals surface area contributed by atoms with Crippen LogP contribution >= 0.6 is 11.3 Å². The second kappa shape index (κ2) is 7.76. The largest absolute Gasteiger partial charge is 0.393 e. The van der Waals surface area contributed by atoms with Gasteiger partial charge in [0.1, 0.15) is 21.2 Å². The molecule has 2 aromatic carbocycles. The van der Waals surface area contributed by atoms with Crippen molar-refractivity contribution in [3.8, 4) is 10.6 Å². The molecule has 32 heavy (non-hydrogen) atoms. The minimum atomic E-state index is -0.720. The summed E-state index contributed by atoms with van der Waals surface area (Å²) >= 11 is 1.32. The Morgan fingerprint density at radius 1 is 1.03 bits per heavy atom. The lowest BCUT2D eigenvalue weighted by Crippen LogP contribution is -2.12. The van der Waals surface area contributed by atoms with Crippen LogP contribution in [-0.2, 0) is 26.2 Å². The Morgan fingerprint density at radius 3 is 2.50 bits per heavy atom. The van der Waals surface area contributed by atoms with E-state index in [0.717, 1.165) is 23.0 Å². The average molecular weight is 444 g/mol. The molecule has 0 N–H and O–H groups in total. The Labute approximate surface area is 187 Å². The van der Waals surface area contributed by atoms with Crippen LogP contribution in [0.3, 0.4) is 0 Å². The van der Waals surface area contributed by atoms with E-state index in [1.54, 1.807) is 12.1 Å². The first-order valence-corrected chi connectivity index (χ1v) is 10.8. The van der Waals surface area contributed by atoms with E-state index in [4.69, 9.17) is 4.98 Å². The van der Waals surface area contributed by atoms with Gasteiger partial charge >= 0.3 is 11.9 Å². The average Bonchev–Trinajstić information content (AvgIpc) is 3.47. The van der Waals surface area contributed by atoms with Gasteiger partial charge in [-0.2, -0.15) is 0 Å². The number of nitrogens with zero attached hydrogens (tertiary/aromatic N) is 2. The number of esters is 2. The first kappa shape index (κ1) is 20.2. The molecule has 7 heteroatoms. The molecule has 0 amide bonds. The zero-order valence-corrected chi connectivity index (χ0v) is 17.9. The summed E-state index contributed by atoms with van der Waals surface area (Å²) in [6.07, 6.45) is 4.05. The van der Waals surface area contributed by atoms with Gasteiger partial charge in [-0.1, -0.05) is 59.9 Å². The normalized spacial score (nSPS) is 13.8. The quantitative estimate of drug-likeness (QED) is 0.247. The predicted molar refractivity (Wildman–Crippen MR) is 120 cm³/mol. The van der Waals surface area contributed by atoms with Crippen molar-refractivity contribution in [1.29, 1.82) is 0 Å². The molecule has 0 radical (unpaired) electrons. The number of benzene rings is 2. The maximum Gasteiger partial charge on any atom is 0.317 e.